The van der Waals surface area contributed by atoms with Crippen LogP contribution in [0.3, 0.4) is 0 Å². The average molecular weight is 346 g/mol. The maximum atomic E-state index is 12.3. The van der Waals surface area contributed by atoms with Crippen LogP contribution in [-0.2, 0) is 16.1 Å². The molecular formula is C19H30N4O2. The minimum Gasteiger partial charge on any atom is -0.372 e. The van der Waals surface area contributed by atoms with Crippen molar-refractivity contribution in [2.75, 3.05) is 24.5 Å². The largest absolute Gasteiger partial charge is 0.372 e. The minimum absolute atomic E-state index is 0.125. The number of piperidine rings is 1. The molecule has 1 aromatic heterocycles. The molecule has 0 radical (unpaired) electrons. The number of hydrogen-bond donors (Lipinski definition) is 2. The molecule has 25 heavy (non-hydrogen) atoms. The number of carbonyl (C=O) groups excluding carboxylic acids is 1. The SMILES string of the molecule is CC1CN(c2ccc(CNC(=O)[C@H]3CCN[C@@H](C)C3)cn2)CC(C)O1. The third-order valence-corrected chi connectivity index (χ3v) is 5.01. The lowest BCUT2D eigenvalue weighted by atomic mass is 9.92. The van der Waals surface area contributed by atoms with Gasteiger partial charge in [-0.05, 0) is 51.8 Å². The van der Waals surface area contributed by atoms with E-state index in [2.05, 4.69) is 47.4 Å². The zero-order valence-corrected chi connectivity index (χ0v) is 15.5. The number of carbonyl (C=O) groups is 1. The van der Waals surface area contributed by atoms with Crippen molar-refractivity contribution in [3.63, 3.8) is 0 Å². The molecule has 2 fully saturated rings. The van der Waals surface area contributed by atoms with Crippen LogP contribution >= 0.6 is 0 Å². The van der Waals surface area contributed by atoms with Crippen molar-refractivity contribution in [3.05, 3.63) is 23.9 Å². The molecule has 1 amide bonds. The summed E-state index contributed by atoms with van der Waals surface area (Å²) < 4.78 is 5.77. The summed E-state index contributed by atoms with van der Waals surface area (Å²) in [7, 11) is 0. The summed E-state index contributed by atoms with van der Waals surface area (Å²) >= 11 is 0. The predicted molar refractivity (Wildman–Crippen MR) is 98.5 cm³/mol. The van der Waals surface area contributed by atoms with Gasteiger partial charge in [-0.15, -0.1) is 0 Å². The monoisotopic (exact) mass is 346 g/mol. The quantitative estimate of drug-likeness (QED) is 0.869. The Bertz CT molecular complexity index is 567. The van der Waals surface area contributed by atoms with Gasteiger partial charge in [0, 0.05) is 37.8 Å². The smallest absolute Gasteiger partial charge is 0.223 e. The summed E-state index contributed by atoms with van der Waals surface area (Å²) in [6, 6.07) is 4.51. The van der Waals surface area contributed by atoms with Crippen molar-refractivity contribution in [2.24, 2.45) is 5.92 Å². The summed E-state index contributed by atoms with van der Waals surface area (Å²) in [5, 5.41) is 6.44. The lowest BCUT2D eigenvalue weighted by Crippen LogP contribution is -2.45. The molecule has 3 rings (SSSR count). The van der Waals surface area contributed by atoms with Gasteiger partial charge in [-0.25, -0.2) is 4.98 Å². The number of hydrogen-bond acceptors (Lipinski definition) is 5. The molecule has 6 heteroatoms. The van der Waals surface area contributed by atoms with Crippen molar-refractivity contribution >= 4 is 11.7 Å². The van der Waals surface area contributed by atoms with E-state index in [1.807, 2.05) is 12.3 Å². The predicted octanol–water partition coefficient (Wildman–Crippen LogP) is 1.70. The highest BCUT2D eigenvalue weighted by molar-refractivity contribution is 5.78. The Kier molecular flexibility index (Phi) is 5.91. The average Bonchev–Trinajstić information content (AvgIpc) is 2.59. The Morgan fingerprint density at radius 2 is 2.08 bits per heavy atom. The van der Waals surface area contributed by atoms with Gasteiger partial charge in [-0.3, -0.25) is 4.79 Å². The fourth-order valence-corrected chi connectivity index (χ4v) is 3.78. The number of rotatable bonds is 4. The molecule has 0 bridgehead atoms. The van der Waals surface area contributed by atoms with Crippen LogP contribution in [-0.4, -0.2) is 48.8 Å². The van der Waals surface area contributed by atoms with E-state index < -0.39 is 0 Å². The molecule has 0 spiro atoms. The number of nitrogens with one attached hydrogen (secondary N) is 2. The molecule has 2 aliphatic heterocycles. The van der Waals surface area contributed by atoms with Crippen LogP contribution < -0.4 is 15.5 Å². The van der Waals surface area contributed by atoms with Crippen molar-refractivity contribution < 1.29 is 9.53 Å². The van der Waals surface area contributed by atoms with Crippen molar-refractivity contribution in [2.45, 2.75) is 58.4 Å². The van der Waals surface area contributed by atoms with Gasteiger partial charge in [0.1, 0.15) is 5.82 Å². The van der Waals surface area contributed by atoms with Crippen LogP contribution in [0, 0.1) is 5.92 Å². The van der Waals surface area contributed by atoms with Gasteiger partial charge in [0.2, 0.25) is 5.91 Å². The summed E-state index contributed by atoms with van der Waals surface area (Å²) in [6.45, 7) is 9.51. The van der Waals surface area contributed by atoms with E-state index in [1.165, 1.54) is 0 Å². The second kappa shape index (κ2) is 8.15. The number of anilines is 1. The molecule has 2 aliphatic rings. The number of amides is 1. The van der Waals surface area contributed by atoms with Crippen molar-refractivity contribution in [3.8, 4) is 0 Å². The van der Waals surface area contributed by atoms with Gasteiger partial charge < -0.3 is 20.3 Å². The van der Waals surface area contributed by atoms with Crippen LogP contribution in [0.5, 0.6) is 0 Å². The van der Waals surface area contributed by atoms with Crippen LogP contribution in [0.1, 0.15) is 39.2 Å². The maximum absolute atomic E-state index is 12.3. The minimum atomic E-state index is 0.125. The van der Waals surface area contributed by atoms with E-state index in [0.717, 1.165) is 43.9 Å². The van der Waals surface area contributed by atoms with Crippen LogP contribution in [0.15, 0.2) is 18.3 Å². The van der Waals surface area contributed by atoms with E-state index in [0.29, 0.717) is 12.6 Å². The Morgan fingerprint density at radius 3 is 2.72 bits per heavy atom. The first-order valence-electron chi connectivity index (χ1n) is 9.37. The molecule has 1 aromatic rings. The fraction of sp³-hybridized carbons (Fsp3) is 0.684. The number of ether oxygens (including phenoxy) is 1. The summed E-state index contributed by atoms with van der Waals surface area (Å²) in [6.07, 6.45) is 4.14. The molecule has 2 saturated heterocycles. The van der Waals surface area contributed by atoms with E-state index in [-0.39, 0.29) is 24.0 Å². The Morgan fingerprint density at radius 1 is 1.32 bits per heavy atom. The fourth-order valence-electron chi connectivity index (χ4n) is 3.78. The maximum Gasteiger partial charge on any atom is 0.223 e. The Labute approximate surface area is 150 Å². The topological polar surface area (TPSA) is 66.5 Å². The zero-order chi connectivity index (χ0) is 17.8. The summed E-state index contributed by atoms with van der Waals surface area (Å²) in [5.41, 5.74) is 1.04. The molecular weight excluding hydrogens is 316 g/mol. The summed E-state index contributed by atoms with van der Waals surface area (Å²) in [5.74, 6) is 1.26. The van der Waals surface area contributed by atoms with Gasteiger partial charge in [0.05, 0.1) is 12.2 Å². The molecule has 0 aromatic carbocycles. The van der Waals surface area contributed by atoms with Gasteiger partial charge in [-0.2, -0.15) is 0 Å². The molecule has 138 valence electrons. The number of morpholine rings is 1. The van der Waals surface area contributed by atoms with Crippen LogP contribution in [0.4, 0.5) is 5.82 Å². The number of nitrogens with zero attached hydrogens (tertiary/aromatic N) is 2. The van der Waals surface area contributed by atoms with Crippen LogP contribution in [0.2, 0.25) is 0 Å². The number of aromatic nitrogens is 1. The third kappa shape index (κ3) is 4.92. The standard InChI is InChI=1S/C19H30N4O2/c1-13-8-17(6-7-20-13)19(24)22-10-16-4-5-18(21-9-16)23-11-14(2)25-15(3)12-23/h4-5,9,13-15,17,20H,6-8,10-12H2,1-3H3,(H,22,24)/t13-,14?,15?,17-/m0/s1. The normalized spacial score (nSPS) is 30.1. The molecule has 2 N–H and O–H groups in total. The highest BCUT2D eigenvalue weighted by atomic mass is 16.5. The Balaban J connectivity index is 1.51. The highest BCUT2D eigenvalue weighted by Crippen LogP contribution is 2.19. The molecule has 3 heterocycles. The lowest BCUT2D eigenvalue weighted by molar-refractivity contribution is -0.126. The number of pyridine rings is 1. The van der Waals surface area contributed by atoms with Gasteiger partial charge in [0.15, 0.2) is 0 Å². The van der Waals surface area contributed by atoms with E-state index in [1.54, 1.807) is 0 Å². The highest BCUT2D eigenvalue weighted by Gasteiger charge is 2.25. The first-order chi connectivity index (χ1) is 12.0. The molecule has 4 atom stereocenters. The zero-order valence-electron chi connectivity index (χ0n) is 15.5. The molecule has 6 nitrogen and oxygen atoms in total. The van der Waals surface area contributed by atoms with Gasteiger partial charge in [-0.1, -0.05) is 6.07 Å². The lowest BCUT2D eigenvalue weighted by Gasteiger charge is -2.36. The van der Waals surface area contributed by atoms with Gasteiger partial charge in [0.25, 0.3) is 0 Å². The first-order valence-corrected chi connectivity index (χ1v) is 9.37. The van der Waals surface area contributed by atoms with Crippen LogP contribution in [0.25, 0.3) is 0 Å². The Hall–Kier alpha value is -1.66. The van der Waals surface area contributed by atoms with Crippen molar-refractivity contribution in [1.82, 2.24) is 15.6 Å². The second-order valence-electron chi connectivity index (χ2n) is 7.48. The molecule has 2 unspecified atom stereocenters. The summed E-state index contributed by atoms with van der Waals surface area (Å²) in [4.78, 5) is 19.2. The van der Waals surface area contributed by atoms with E-state index in [4.69, 9.17) is 4.74 Å². The van der Waals surface area contributed by atoms with Gasteiger partial charge >= 0.3 is 0 Å². The molecule has 0 aliphatic carbocycles. The van der Waals surface area contributed by atoms with Crippen molar-refractivity contribution in [1.29, 1.82) is 0 Å². The van der Waals surface area contributed by atoms with E-state index in [9.17, 15) is 4.79 Å². The third-order valence-electron chi connectivity index (χ3n) is 5.01. The molecule has 0 saturated carbocycles. The first kappa shape index (κ1) is 18.1. The van der Waals surface area contributed by atoms with E-state index >= 15 is 0 Å². The second-order valence-corrected chi connectivity index (χ2v) is 7.48.